The first-order chi connectivity index (χ1) is 10.6. The van der Waals surface area contributed by atoms with Crippen molar-refractivity contribution in [3.63, 3.8) is 0 Å². The van der Waals surface area contributed by atoms with Crippen LogP contribution in [0.4, 0.5) is 0 Å². The summed E-state index contributed by atoms with van der Waals surface area (Å²) in [6.45, 7) is 6.58. The molecule has 1 atom stereocenters. The van der Waals surface area contributed by atoms with E-state index in [4.69, 9.17) is 0 Å². The summed E-state index contributed by atoms with van der Waals surface area (Å²) in [6, 6.07) is 0. The Morgan fingerprint density at radius 3 is 2.77 bits per heavy atom. The summed E-state index contributed by atoms with van der Waals surface area (Å²) >= 11 is 0. The van der Waals surface area contributed by atoms with Gasteiger partial charge in [-0.05, 0) is 26.4 Å². The van der Waals surface area contributed by atoms with Crippen LogP contribution in [0.5, 0.6) is 0 Å². The molecule has 0 radical (unpaired) electrons. The molecule has 6 heteroatoms. The molecular weight excluding hydrogens is 278 g/mol. The number of aryl methyl sites for hydroxylation is 1. The minimum absolute atomic E-state index is 0.214. The van der Waals surface area contributed by atoms with E-state index in [-0.39, 0.29) is 5.92 Å². The Morgan fingerprint density at radius 2 is 2.09 bits per heavy atom. The van der Waals surface area contributed by atoms with Crippen LogP contribution in [-0.4, -0.2) is 76.5 Å². The lowest BCUT2D eigenvalue weighted by Crippen LogP contribution is -2.39. The van der Waals surface area contributed by atoms with Gasteiger partial charge in [0, 0.05) is 52.2 Å². The topological polar surface area (TPSA) is 44.6 Å². The van der Waals surface area contributed by atoms with Gasteiger partial charge in [-0.3, -0.25) is 9.69 Å². The molecular formula is C16H27N5O. The lowest BCUT2D eigenvalue weighted by molar-refractivity contribution is -0.135. The summed E-state index contributed by atoms with van der Waals surface area (Å²) in [6.07, 6.45) is 5.90. The Kier molecular flexibility index (Phi) is 4.78. The van der Waals surface area contributed by atoms with Crippen LogP contribution in [-0.2, 0) is 18.4 Å². The summed E-state index contributed by atoms with van der Waals surface area (Å²) in [5, 5.41) is 0. The number of aromatic nitrogens is 2. The molecule has 0 unspecified atom stereocenters. The molecule has 0 aromatic carbocycles. The highest BCUT2D eigenvalue weighted by Gasteiger charge is 2.30. The molecule has 1 amide bonds. The van der Waals surface area contributed by atoms with Gasteiger partial charge in [0.25, 0.3) is 0 Å². The second kappa shape index (κ2) is 6.79. The standard InChI is InChI=1S/C16H27N5O/c1-18-8-4-14(12-18)16(22)21-7-3-6-20(10-11-21)13-15-17-5-9-19(15)2/h5,9,14H,3-4,6-8,10-13H2,1-2H3/t14-/m1/s1. The molecule has 6 nitrogen and oxygen atoms in total. The highest BCUT2D eigenvalue weighted by Crippen LogP contribution is 2.18. The summed E-state index contributed by atoms with van der Waals surface area (Å²) in [4.78, 5) is 23.8. The normalized spacial score (nSPS) is 24.6. The van der Waals surface area contributed by atoms with E-state index in [9.17, 15) is 4.79 Å². The number of rotatable bonds is 3. The highest BCUT2D eigenvalue weighted by atomic mass is 16.2. The molecule has 22 heavy (non-hydrogen) atoms. The highest BCUT2D eigenvalue weighted by molar-refractivity contribution is 5.79. The van der Waals surface area contributed by atoms with E-state index in [0.29, 0.717) is 5.91 Å². The fourth-order valence-corrected chi connectivity index (χ4v) is 3.49. The maximum atomic E-state index is 12.6. The quantitative estimate of drug-likeness (QED) is 0.811. The van der Waals surface area contributed by atoms with Crippen LogP contribution in [0.1, 0.15) is 18.7 Å². The third-order valence-electron chi connectivity index (χ3n) is 4.93. The molecule has 0 spiro atoms. The van der Waals surface area contributed by atoms with E-state index in [1.807, 2.05) is 19.4 Å². The van der Waals surface area contributed by atoms with Crippen LogP contribution < -0.4 is 0 Å². The van der Waals surface area contributed by atoms with Crippen molar-refractivity contribution in [1.82, 2.24) is 24.3 Å². The van der Waals surface area contributed by atoms with Gasteiger partial charge in [0.1, 0.15) is 5.82 Å². The van der Waals surface area contributed by atoms with Gasteiger partial charge in [-0.1, -0.05) is 0 Å². The Morgan fingerprint density at radius 1 is 1.23 bits per heavy atom. The van der Waals surface area contributed by atoms with Crippen molar-refractivity contribution in [2.45, 2.75) is 19.4 Å². The van der Waals surface area contributed by atoms with Crippen LogP contribution in [0.3, 0.4) is 0 Å². The number of imidazole rings is 1. The van der Waals surface area contributed by atoms with Gasteiger partial charge in [0.05, 0.1) is 12.5 Å². The van der Waals surface area contributed by atoms with Gasteiger partial charge in [0.2, 0.25) is 5.91 Å². The third kappa shape index (κ3) is 3.50. The fourth-order valence-electron chi connectivity index (χ4n) is 3.49. The van der Waals surface area contributed by atoms with E-state index in [2.05, 4.69) is 31.3 Å². The van der Waals surface area contributed by atoms with Gasteiger partial charge < -0.3 is 14.4 Å². The van der Waals surface area contributed by atoms with Crippen LogP contribution in [0.25, 0.3) is 0 Å². The number of hydrogen-bond donors (Lipinski definition) is 0. The Bertz CT molecular complexity index is 514. The predicted octanol–water partition coefficient (Wildman–Crippen LogP) is 0.406. The summed E-state index contributed by atoms with van der Waals surface area (Å²) in [5.74, 6) is 1.67. The zero-order valence-electron chi connectivity index (χ0n) is 13.7. The minimum Gasteiger partial charge on any atom is -0.341 e. The third-order valence-corrected chi connectivity index (χ3v) is 4.93. The molecule has 0 bridgehead atoms. The first-order valence-corrected chi connectivity index (χ1v) is 8.29. The first-order valence-electron chi connectivity index (χ1n) is 8.29. The largest absolute Gasteiger partial charge is 0.341 e. The summed E-state index contributed by atoms with van der Waals surface area (Å²) < 4.78 is 2.07. The molecule has 2 aliphatic rings. The zero-order chi connectivity index (χ0) is 15.5. The number of amides is 1. The molecule has 0 N–H and O–H groups in total. The lowest BCUT2D eigenvalue weighted by Gasteiger charge is -2.24. The van der Waals surface area contributed by atoms with Crippen molar-refractivity contribution in [2.24, 2.45) is 13.0 Å². The molecule has 122 valence electrons. The SMILES string of the molecule is CN1CC[C@@H](C(=O)N2CCCN(Cc3nccn3C)CC2)C1. The Balaban J connectivity index is 1.53. The molecule has 2 saturated heterocycles. The average molecular weight is 305 g/mol. The molecule has 3 heterocycles. The zero-order valence-corrected chi connectivity index (χ0v) is 13.7. The Labute approximate surface area is 132 Å². The van der Waals surface area contributed by atoms with Gasteiger partial charge in [-0.2, -0.15) is 0 Å². The molecule has 1 aromatic rings. The predicted molar refractivity (Wildman–Crippen MR) is 85.3 cm³/mol. The lowest BCUT2D eigenvalue weighted by atomic mass is 10.1. The molecule has 3 rings (SSSR count). The maximum absolute atomic E-state index is 12.6. The van der Waals surface area contributed by atoms with Crippen molar-refractivity contribution in [2.75, 3.05) is 46.3 Å². The monoisotopic (exact) mass is 305 g/mol. The first kappa shape index (κ1) is 15.5. The number of carbonyl (C=O) groups is 1. The molecule has 2 fully saturated rings. The molecule has 0 aliphatic carbocycles. The minimum atomic E-state index is 0.214. The van der Waals surface area contributed by atoms with Crippen molar-refractivity contribution in [3.8, 4) is 0 Å². The van der Waals surface area contributed by atoms with Crippen molar-refractivity contribution >= 4 is 5.91 Å². The second-order valence-electron chi connectivity index (χ2n) is 6.66. The fraction of sp³-hybridized carbons (Fsp3) is 0.750. The van der Waals surface area contributed by atoms with E-state index in [1.165, 1.54) is 0 Å². The van der Waals surface area contributed by atoms with Crippen molar-refractivity contribution in [3.05, 3.63) is 18.2 Å². The van der Waals surface area contributed by atoms with Gasteiger partial charge in [0.15, 0.2) is 0 Å². The van der Waals surface area contributed by atoms with E-state index >= 15 is 0 Å². The van der Waals surface area contributed by atoms with Crippen molar-refractivity contribution in [1.29, 1.82) is 0 Å². The second-order valence-corrected chi connectivity index (χ2v) is 6.66. The Hall–Kier alpha value is -1.40. The van der Waals surface area contributed by atoms with Gasteiger partial charge >= 0.3 is 0 Å². The summed E-state index contributed by atoms with van der Waals surface area (Å²) in [7, 11) is 4.14. The number of carbonyl (C=O) groups excluding carboxylic acids is 1. The molecule has 1 aromatic heterocycles. The smallest absolute Gasteiger partial charge is 0.227 e. The van der Waals surface area contributed by atoms with Gasteiger partial charge in [-0.15, -0.1) is 0 Å². The number of nitrogens with zero attached hydrogens (tertiary/aromatic N) is 5. The van der Waals surface area contributed by atoms with Crippen LogP contribution in [0.15, 0.2) is 12.4 Å². The average Bonchev–Trinajstić information content (AvgIpc) is 3.02. The number of likely N-dealkylation sites (tertiary alicyclic amines) is 1. The van der Waals surface area contributed by atoms with Crippen LogP contribution >= 0.6 is 0 Å². The van der Waals surface area contributed by atoms with Gasteiger partial charge in [-0.25, -0.2) is 4.98 Å². The van der Waals surface area contributed by atoms with Crippen molar-refractivity contribution < 1.29 is 4.79 Å². The van der Waals surface area contributed by atoms with E-state index < -0.39 is 0 Å². The van der Waals surface area contributed by atoms with E-state index in [1.54, 1.807) is 0 Å². The van der Waals surface area contributed by atoms with E-state index in [0.717, 1.165) is 64.5 Å². The number of hydrogen-bond acceptors (Lipinski definition) is 4. The molecule has 0 saturated carbocycles. The van der Waals surface area contributed by atoms with Crippen LogP contribution in [0, 0.1) is 5.92 Å². The van der Waals surface area contributed by atoms with Crippen LogP contribution in [0.2, 0.25) is 0 Å². The maximum Gasteiger partial charge on any atom is 0.227 e. The summed E-state index contributed by atoms with van der Waals surface area (Å²) in [5.41, 5.74) is 0. The molecule has 2 aliphatic heterocycles.